The maximum absolute atomic E-state index is 12.4. The average molecular weight is 294 g/mol. The van der Waals surface area contributed by atoms with Gasteiger partial charge < -0.3 is 10.2 Å². The Morgan fingerprint density at radius 2 is 2.30 bits per heavy atom. The molecule has 1 fully saturated rings. The number of hydrogen-bond acceptors (Lipinski definition) is 3. The molecule has 0 aromatic carbocycles. The summed E-state index contributed by atoms with van der Waals surface area (Å²) in [5.74, 6) is 1.50. The Bertz CT molecular complexity index is 416. The van der Waals surface area contributed by atoms with Gasteiger partial charge in [0.25, 0.3) is 5.91 Å². The fraction of sp³-hybridized carbons (Fsp3) is 0.688. The van der Waals surface area contributed by atoms with Gasteiger partial charge in [-0.15, -0.1) is 11.3 Å². The van der Waals surface area contributed by atoms with Crippen molar-refractivity contribution in [2.24, 2.45) is 11.8 Å². The van der Waals surface area contributed by atoms with Crippen molar-refractivity contribution in [1.29, 1.82) is 0 Å². The predicted octanol–water partition coefficient (Wildman–Crippen LogP) is 3.23. The lowest BCUT2D eigenvalue weighted by Gasteiger charge is -2.37. The van der Waals surface area contributed by atoms with Crippen molar-refractivity contribution in [2.75, 3.05) is 19.6 Å². The van der Waals surface area contributed by atoms with Crippen LogP contribution in [0.25, 0.3) is 0 Å². The van der Waals surface area contributed by atoms with Crippen LogP contribution in [0.2, 0.25) is 0 Å². The summed E-state index contributed by atoms with van der Waals surface area (Å²) in [5, 5.41) is 5.59. The first kappa shape index (κ1) is 15.5. The molecular formula is C16H26N2OS. The van der Waals surface area contributed by atoms with Crippen LogP contribution in [0.3, 0.4) is 0 Å². The van der Waals surface area contributed by atoms with E-state index in [9.17, 15) is 4.79 Å². The minimum atomic E-state index is 0.196. The van der Waals surface area contributed by atoms with E-state index in [-0.39, 0.29) is 5.91 Å². The van der Waals surface area contributed by atoms with E-state index < -0.39 is 0 Å². The first-order chi connectivity index (χ1) is 9.56. The molecule has 0 spiro atoms. The molecule has 1 aromatic heterocycles. The molecule has 0 bridgehead atoms. The molecular weight excluding hydrogens is 268 g/mol. The van der Waals surface area contributed by atoms with Gasteiger partial charge >= 0.3 is 0 Å². The number of carbonyl (C=O) groups is 1. The van der Waals surface area contributed by atoms with E-state index in [4.69, 9.17) is 0 Å². The van der Waals surface area contributed by atoms with E-state index in [1.54, 1.807) is 0 Å². The van der Waals surface area contributed by atoms with Crippen molar-refractivity contribution >= 4 is 17.2 Å². The third-order valence-electron chi connectivity index (χ3n) is 3.83. The fourth-order valence-electron chi connectivity index (χ4n) is 2.80. The van der Waals surface area contributed by atoms with Crippen LogP contribution >= 0.6 is 11.3 Å². The zero-order chi connectivity index (χ0) is 14.5. The number of nitrogens with one attached hydrogen (secondary N) is 1. The summed E-state index contributed by atoms with van der Waals surface area (Å²) in [6, 6.07) is 4.32. The van der Waals surface area contributed by atoms with Crippen LogP contribution in [0.4, 0.5) is 0 Å². The number of thiophene rings is 1. The van der Waals surface area contributed by atoms with Gasteiger partial charge in [0, 0.05) is 19.1 Å². The van der Waals surface area contributed by atoms with Gasteiger partial charge in [-0.25, -0.2) is 0 Å². The van der Waals surface area contributed by atoms with Crippen molar-refractivity contribution < 1.29 is 4.79 Å². The maximum Gasteiger partial charge on any atom is 0.263 e. The van der Waals surface area contributed by atoms with E-state index >= 15 is 0 Å². The van der Waals surface area contributed by atoms with Gasteiger partial charge in [0.05, 0.1) is 4.88 Å². The smallest absolute Gasteiger partial charge is 0.263 e. The maximum atomic E-state index is 12.4. The molecule has 4 heteroatoms. The lowest BCUT2D eigenvalue weighted by Crippen LogP contribution is -2.50. The van der Waals surface area contributed by atoms with Gasteiger partial charge in [-0.05, 0) is 42.7 Å². The molecule has 2 heterocycles. The fourth-order valence-corrected chi connectivity index (χ4v) is 3.49. The highest BCUT2D eigenvalue weighted by Crippen LogP contribution is 2.20. The molecule has 0 aliphatic carbocycles. The summed E-state index contributed by atoms with van der Waals surface area (Å²) < 4.78 is 0. The Morgan fingerprint density at radius 3 is 2.95 bits per heavy atom. The number of carbonyl (C=O) groups excluding carboxylic acids is 1. The minimum Gasteiger partial charge on any atom is -0.336 e. The van der Waals surface area contributed by atoms with Crippen LogP contribution in [-0.4, -0.2) is 36.5 Å². The molecule has 1 aliphatic heterocycles. The standard InChI is InChI=1S/C16H26N2OS/c1-12(2)6-7-17-14-9-13(3)10-18(11-14)16(19)15-5-4-8-20-15/h4-5,8,12-14,17H,6-7,9-11H2,1-3H3. The number of likely N-dealkylation sites (tertiary alicyclic amines) is 1. The number of hydrogen-bond donors (Lipinski definition) is 1. The minimum absolute atomic E-state index is 0.196. The first-order valence-corrected chi connectivity index (χ1v) is 8.50. The summed E-state index contributed by atoms with van der Waals surface area (Å²) >= 11 is 1.54. The molecule has 1 N–H and O–H groups in total. The molecule has 1 saturated heterocycles. The van der Waals surface area contributed by atoms with Gasteiger partial charge in [-0.1, -0.05) is 26.8 Å². The van der Waals surface area contributed by atoms with Crippen molar-refractivity contribution in [3.63, 3.8) is 0 Å². The average Bonchev–Trinajstić information content (AvgIpc) is 2.90. The monoisotopic (exact) mass is 294 g/mol. The van der Waals surface area contributed by atoms with E-state index in [0.717, 1.165) is 30.4 Å². The summed E-state index contributed by atoms with van der Waals surface area (Å²) in [6.45, 7) is 9.52. The molecule has 2 atom stereocenters. The van der Waals surface area contributed by atoms with Crippen molar-refractivity contribution in [3.05, 3.63) is 22.4 Å². The van der Waals surface area contributed by atoms with E-state index in [2.05, 4.69) is 26.1 Å². The van der Waals surface area contributed by atoms with Crippen LogP contribution in [-0.2, 0) is 0 Å². The molecule has 1 aromatic rings. The van der Waals surface area contributed by atoms with Gasteiger partial charge in [0.1, 0.15) is 0 Å². The Morgan fingerprint density at radius 1 is 1.50 bits per heavy atom. The second-order valence-corrected chi connectivity index (χ2v) is 7.31. The van der Waals surface area contributed by atoms with Gasteiger partial charge in [0.15, 0.2) is 0 Å². The van der Waals surface area contributed by atoms with Crippen LogP contribution in [0, 0.1) is 11.8 Å². The molecule has 3 nitrogen and oxygen atoms in total. The van der Waals surface area contributed by atoms with E-state index in [1.807, 2.05) is 22.4 Å². The summed E-state index contributed by atoms with van der Waals surface area (Å²) in [6.07, 6.45) is 2.37. The zero-order valence-corrected chi connectivity index (χ0v) is 13.6. The summed E-state index contributed by atoms with van der Waals surface area (Å²) in [4.78, 5) is 15.3. The largest absolute Gasteiger partial charge is 0.336 e. The predicted molar refractivity (Wildman–Crippen MR) is 85.2 cm³/mol. The highest BCUT2D eigenvalue weighted by atomic mass is 32.1. The van der Waals surface area contributed by atoms with E-state index in [1.165, 1.54) is 24.2 Å². The van der Waals surface area contributed by atoms with Crippen LogP contribution in [0.5, 0.6) is 0 Å². The van der Waals surface area contributed by atoms with Gasteiger partial charge in [-0.2, -0.15) is 0 Å². The Kier molecular flexibility index (Phi) is 5.61. The molecule has 0 saturated carbocycles. The van der Waals surface area contributed by atoms with Crippen molar-refractivity contribution in [3.8, 4) is 0 Å². The molecule has 1 amide bonds. The van der Waals surface area contributed by atoms with Crippen molar-refractivity contribution in [2.45, 2.75) is 39.7 Å². The SMILES string of the molecule is CC(C)CCNC1CC(C)CN(C(=O)c2cccs2)C1. The normalized spacial score (nSPS) is 23.3. The lowest BCUT2D eigenvalue weighted by molar-refractivity contribution is 0.0645. The number of piperidine rings is 1. The van der Waals surface area contributed by atoms with Crippen LogP contribution in [0.15, 0.2) is 17.5 Å². The molecule has 2 unspecified atom stereocenters. The zero-order valence-electron chi connectivity index (χ0n) is 12.8. The molecule has 2 rings (SSSR count). The molecule has 20 heavy (non-hydrogen) atoms. The molecule has 0 radical (unpaired) electrons. The highest BCUT2D eigenvalue weighted by Gasteiger charge is 2.28. The number of nitrogens with zero attached hydrogens (tertiary/aromatic N) is 1. The van der Waals surface area contributed by atoms with Crippen LogP contribution < -0.4 is 5.32 Å². The highest BCUT2D eigenvalue weighted by molar-refractivity contribution is 7.12. The first-order valence-electron chi connectivity index (χ1n) is 7.62. The van der Waals surface area contributed by atoms with Crippen LogP contribution in [0.1, 0.15) is 43.3 Å². The number of amides is 1. The second kappa shape index (κ2) is 7.23. The lowest BCUT2D eigenvalue weighted by atomic mass is 9.95. The second-order valence-electron chi connectivity index (χ2n) is 6.36. The van der Waals surface area contributed by atoms with Gasteiger partial charge in [-0.3, -0.25) is 4.79 Å². The Hall–Kier alpha value is -0.870. The molecule has 112 valence electrons. The van der Waals surface area contributed by atoms with Crippen molar-refractivity contribution in [1.82, 2.24) is 10.2 Å². The summed E-state index contributed by atoms with van der Waals surface area (Å²) in [7, 11) is 0. The third-order valence-corrected chi connectivity index (χ3v) is 4.69. The topological polar surface area (TPSA) is 32.3 Å². The third kappa shape index (κ3) is 4.32. The Balaban J connectivity index is 1.89. The van der Waals surface area contributed by atoms with E-state index in [0.29, 0.717) is 12.0 Å². The quantitative estimate of drug-likeness (QED) is 0.904. The molecule has 1 aliphatic rings. The van der Waals surface area contributed by atoms with Gasteiger partial charge in [0.2, 0.25) is 0 Å². The Labute approximate surface area is 126 Å². The summed E-state index contributed by atoms with van der Waals surface area (Å²) in [5.41, 5.74) is 0. The number of rotatable bonds is 5.